The van der Waals surface area contributed by atoms with Crippen LogP contribution in [-0.2, 0) is 30.4 Å². The first-order valence-electron chi connectivity index (χ1n) is 20.6. The number of anilines is 2. The highest BCUT2D eigenvalue weighted by atomic mass is 32.2. The molecule has 1 amide bonds. The largest absolute Gasteiger partial charge is 0.505 e. The van der Waals surface area contributed by atoms with Gasteiger partial charge in [0.25, 0.3) is 36.3 Å². The summed E-state index contributed by atoms with van der Waals surface area (Å²) in [5.41, 5.74) is 9.60. The van der Waals surface area contributed by atoms with E-state index in [4.69, 9.17) is 15.2 Å². The number of aryl methyl sites for hydroxylation is 3. The van der Waals surface area contributed by atoms with Crippen molar-refractivity contribution in [3.05, 3.63) is 131 Å². The number of benzene rings is 7. The lowest BCUT2D eigenvalue weighted by Crippen LogP contribution is -2.11. The van der Waals surface area contributed by atoms with E-state index in [1.54, 1.807) is 57.2 Å². The first-order valence-corrected chi connectivity index (χ1v) is 24.9. The fourth-order valence-electron chi connectivity index (χ4n) is 6.77. The second-order valence-electron chi connectivity index (χ2n) is 15.5. The minimum absolute atomic E-state index is 0.0198. The van der Waals surface area contributed by atoms with Gasteiger partial charge in [0.1, 0.15) is 44.0 Å². The Morgan fingerprint density at radius 3 is 1.62 bits per heavy atom. The number of nitrogens with two attached hydrogens (primary N) is 1. The molecule has 0 atom stereocenters. The first-order chi connectivity index (χ1) is 33.9. The van der Waals surface area contributed by atoms with Gasteiger partial charge in [0.15, 0.2) is 5.75 Å². The van der Waals surface area contributed by atoms with Crippen LogP contribution in [0.1, 0.15) is 27.0 Å². The molecule has 0 radical (unpaired) electrons. The number of fused-ring (bicyclic) bond motifs is 1. The van der Waals surface area contributed by atoms with Crippen molar-refractivity contribution in [3.63, 3.8) is 0 Å². The number of nitrogens with one attached hydrogen (secondary N) is 1. The summed E-state index contributed by atoms with van der Waals surface area (Å²) in [5, 5.41) is 47.8. The molecule has 7 N–H and O–H groups in total. The van der Waals surface area contributed by atoms with Crippen molar-refractivity contribution in [3.8, 4) is 17.2 Å². The highest BCUT2D eigenvalue weighted by molar-refractivity contribution is 7.87. The number of phenolic OH excluding ortho intramolecular Hbond substituents is 1. The summed E-state index contributed by atoms with van der Waals surface area (Å²) in [5.74, 6) is -0.853. The van der Waals surface area contributed by atoms with E-state index in [1.807, 2.05) is 0 Å². The van der Waals surface area contributed by atoms with Gasteiger partial charge in [-0.1, -0.05) is 0 Å². The van der Waals surface area contributed by atoms with E-state index in [-0.39, 0.29) is 50.7 Å². The molecule has 7 aromatic carbocycles. The summed E-state index contributed by atoms with van der Waals surface area (Å²) in [4.78, 5) is 10.4. The van der Waals surface area contributed by atoms with Crippen molar-refractivity contribution in [2.45, 2.75) is 35.5 Å². The van der Waals surface area contributed by atoms with Gasteiger partial charge in [0.2, 0.25) is 0 Å². The van der Waals surface area contributed by atoms with Crippen molar-refractivity contribution >= 4 is 104 Å². The Hall–Kier alpha value is -8.40. The molecule has 72 heavy (non-hydrogen) atoms. The van der Waals surface area contributed by atoms with E-state index >= 15 is 0 Å². The average molecular weight is 1040 g/mol. The van der Waals surface area contributed by atoms with E-state index in [0.717, 1.165) is 18.2 Å². The topological polar surface area (TPSA) is 356 Å². The predicted molar refractivity (Wildman–Crippen MR) is 264 cm³/mol. The molecular weight excluding hydrogens is 997 g/mol. The van der Waals surface area contributed by atoms with Crippen molar-refractivity contribution in [2.75, 3.05) is 25.3 Å². The number of carbonyl (C=O) groups is 1. The Kier molecular flexibility index (Phi) is 14.7. The number of amides is 1. The molecule has 23 nitrogen and oxygen atoms in total. The molecule has 0 saturated carbocycles. The van der Waals surface area contributed by atoms with Gasteiger partial charge in [-0.25, -0.2) is 0 Å². The highest BCUT2D eigenvalue weighted by Crippen LogP contribution is 2.45. The Balaban J connectivity index is 1.09. The molecule has 0 saturated heterocycles. The number of carbonyl (C=O) groups excluding carboxylic acids is 1. The van der Waals surface area contributed by atoms with Crippen LogP contribution in [-0.4, -0.2) is 64.1 Å². The molecule has 7 aromatic rings. The third-order valence-electron chi connectivity index (χ3n) is 10.5. The van der Waals surface area contributed by atoms with Crippen LogP contribution in [0.3, 0.4) is 0 Å². The molecule has 0 heterocycles. The van der Waals surface area contributed by atoms with Gasteiger partial charge in [-0.05, 0) is 140 Å². The number of rotatable bonds is 15. The van der Waals surface area contributed by atoms with E-state index in [0.29, 0.717) is 51.1 Å². The molecule has 0 aliphatic heterocycles. The van der Waals surface area contributed by atoms with Gasteiger partial charge in [0.05, 0.1) is 41.9 Å². The third-order valence-corrected chi connectivity index (χ3v) is 13.1. The molecule has 0 unspecified atom stereocenters. The maximum absolute atomic E-state index is 12.8. The van der Waals surface area contributed by atoms with Gasteiger partial charge in [-0.2, -0.15) is 45.7 Å². The number of azo groups is 4. The van der Waals surface area contributed by atoms with E-state index < -0.39 is 62.4 Å². The van der Waals surface area contributed by atoms with Gasteiger partial charge in [0, 0.05) is 34.5 Å². The standard InChI is InChI=1S/C46H40N10O13S3/c1-24-16-31(11-14-34(24)50-51-35-15-12-32(70(59,60)61)21-42(35)71(62,63)64)49-52-36-17-26(3)37(18-25(36)2)53-54-38-22-41(69-5)39(23-40(38)68-4)55-56-44-43(72(65,66)67)20-28-19-30(10-13-33(28)45(44)57)48-46(58)27-6-8-29(47)9-7-27/h6-23,57H,47H2,1-5H3,(H,48,58)(H,59,60,61)(H,62,63,64)(H,65,66,67). The lowest BCUT2D eigenvalue weighted by molar-refractivity contribution is 0.102. The van der Waals surface area contributed by atoms with Crippen LogP contribution in [0.25, 0.3) is 10.8 Å². The molecule has 0 aliphatic rings. The Bertz CT molecular complexity index is 3810. The van der Waals surface area contributed by atoms with Crippen molar-refractivity contribution in [2.24, 2.45) is 40.9 Å². The summed E-state index contributed by atoms with van der Waals surface area (Å²) in [7, 11) is -12.0. The molecular formula is C46H40N10O13S3. The number of aromatic hydroxyl groups is 1. The smallest absolute Gasteiger partial charge is 0.296 e. The number of hydrogen-bond acceptors (Lipinski definition) is 19. The SMILES string of the molecule is COc1cc(N=Nc2c(S(=O)(=O)O)cc3cc(NC(=O)c4ccc(N)cc4)ccc3c2O)c(OC)cc1N=Nc1cc(C)c(N=Nc2ccc(N=Nc3ccc(S(=O)(=O)O)cc3S(=O)(=O)O)c(C)c2)cc1C. The Morgan fingerprint density at radius 2 is 1.06 bits per heavy atom. The number of nitrogen functional groups attached to an aromatic ring is 1. The monoisotopic (exact) mass is 1040 g/mol. The van der Waals surface area contributed by atoms with Crippen LogP contribution in [0.15, 0.2) is 165 Å². The van der Waals surface area contributed by atoms with Crippen LogP contribution in [0.4, 0.5) is 56.9 Å². The lowest BCUT2D eigenvalue weighted by atomic mass is 10.1. The number of phenols is 1. The zero-order chi connectivity index (χ0) is 52.3. The van der Waals surface area contributed by atoms with Crippen LogP contribution >= 0.6 is 0 Å². The lowest BCUT2D eigenvalue weighted by Gasteiger charge is -2.12. The quantitative estimate of drug-likeness (QED) is 0.0316. The molecule has 0 spiro atoms. The molecule has 0 fully saturated rings. The maximum Gasteiger partial charge on any atom is 0.296 e. The average Bonchev–Trinajstić information content (AvgIpc) is 3.32. The number of nitrogens with zero attached hydrogens (tertiary/aromatic N) is 8. The predicted octanol–water partition coefficient (Wildman–Crippen LogP) is 11.7. The number of hydrogen-bond donors (Lipinski definition) is 6. The van der Waals surface area contributed by atoms with Crippen LogP contribution < -0.4 is 20.5 Å². The van der Waals surface area contributed by atoms with Gasteiger partial charge in [-0.15, -0.1) is 20.5 Å². The fourth-order valence-corrected chi connectivity index (χ4v) is 8.66. The summed E-state index contributed by atoms with van der Waals surface area (Å²) in [6, 6.07) is 25.1. The van der Waals surface area contributed by atoms with Crippen LogP contribution in [0.2, 0.25) is 0 Å². The van der Waals surface area contributed by atoms with E-state index in [1.165, 1.54) is 62.8 Å². The third kappa shape index (κ3) is 11.8. The summed E-state index contributed by atoms with van der Waals surface area (Å²) in [6.45, 7) is 5.25. The minimum Gasteiger partial charge on any atom is -0.505 e. The second-order valence-corrected chi connectivity index (χ2v) is 19.7. The van der Waals surface area contributed by atoms with Crippen LogP contribution in [0.5, 0.6) is 17.2 Å². The Morgan fingerprint density at radius 1 is 0.528 bits per heavy atom. The van der Waals surface area contributed by atoms with Gasteiger partial charge >= 0.3 is 0 Å². The number of methoxy groups -OCH3 is 2. The maximum atomic E-state index is 12.8. The molecule has 0 aliphatic carbocycles. The zero-order valence-electron chi connectivity index (χ0n) is 38.2. The molecule has 26 heteroatoms. The van der Waals surface area contributed by atoms with Crippen molar-refractivity contribution in [1.82, 2.24) is 0 Å². The molecule has 0 bridgehead atoms. The summed E-state index contributed by atoms with van der Waals surface area (Å²) < 4.78 is 112. The molecule has 370 valence electrons. The summed E-state index contributed by atoms with van der Waals surface area (Å²) in [6.07, 6.45) is 0. The second kappa shape index (κ2) is 20.5. The summed E-state index contributed by atoms with van der Waals surface area (Å²) >= 11 is 0. The minimum atomic E-state index is -5.00. The number of ether oxygens (including phenoxy) is 2. The van der Waals surface area contributed by atoms with Crippen molar-refractivity contribution in [1.29, 1.82) is 0 Å². The van der Waals surface area contributed by atoms with Gasteiger partial charge in [-0.3, -0.25) is 18.5 Å². The van der Waals surface area contributed by atoms with Gasteiger partial charge < -0.3 is 25.6 Å². The van der Waals surface area contributed by atoms with Crippen LogP contribution in [0, 0.1) is 20.8 Å². The zero-order valence-corrected chi connectivity index (χ0v) is 40.7. The van der Waals surface area contributed by atoms with E-state index in [2.05, 4.69) is 46.2 Å². The highest BCUT2D eigenvalue weighted by Gasteiger charge is 2.24. The normalized spacial score (nSPS) is 12.4. The first kappa shape index (κ1) is 51.5. The molecule has 7 rings (SSSR count). The van der Waals surface area contributed by atoms with Crippen molar-refractivity contribution < 1.29 is 58.3 Å². The Labute approximate surface area is 410 Å². The van der Waals surface area contributed by atoms with E-state index in [9.17, 15) is 48.8 Å². The fraction of sp³-hybridized carbons (Fsp3) is 0.109. The molecule has 0 aromatic heterocycles.